The number of pyridine rings is 1. The third-order valence-electron chi connectivity index (χ3n) is 9.13. The van der Waals surface area contributed by atoms with Gasteiger partial charge in [0.15, 0.2) is 0 Å². The van der Waals surface area contributed by atoms with Gasteiger partial charge in [-0.1, -0.05) is 44.2 Å². The normalized spacial score (nSPS) is 15.6. The van der Waals surface area contributed by atoms with Crippen molar-refractivity contribution < 1.29 is 14.7 Å². The van der Waals surface area contributed by atoms with Crippen LogP contribution in [-0.2, 0) is 6.42 Å². The number of carbonyl (C=O) groups is 2. The van der Waals surface area contributed by atoms with E-state index in [2.05, 4.69) is 45.2 Å². The van der Waals surface area contributed by atoms with Gasteiger partial charge in [-0.15, -0.1) is 11.3 Å². The molecule has 4 heterocycles. The average Bonchev–Trinajstić information content (AvgIpc) is 3.81. The van der Waals surface area contributed by atoms with Crippen LogP contribution in [0.4, 0.5) is 5.69 Å². The number of aliphatic hydroxyl groups excluding tert-OH is 1. The van der Waals surface area contributed by atoms with Crippen molar-refractivity contribution in [3.8, 4) is 11.3 Å². The highest BCUT2D eigenvalue weighted by atomic mass is 32.1. The Hall–Kier alpha value is -5.00. The van der Waals surface area contributed by atoms with Crippen LogP contribution in [0.5, 0.6) is 0 Å². The van der Waals surface area contributed by atoms with Crippen LogP contribution in [0, 0.1) is 6.92 Å². The molecule has 50 heavy (non-hydrogen) atoms. The number of hydrogen-bond donors (Lipinski definition) is 2. The summed E-state index contributed by atoms with van der Waals surface area (Å²) in [7, 11) is 1.91. The molecule has 10 nitrogen and oxygen atoms in total. The quantitative estimate of drug-likeness (QED) is 0.158. The van der Waals surface area contributed by atoms with Crippen molar-refractivity contribution in [2.24, 2.45) is 0 Å². The fourth-order valence-corrected chi connectivity index (χ4v) is 7.26. The molecule has 0 saturated carbocycles. The van der Waals surface area contributed by atoms with Crippen molar-refractivity contribution in [1.82, 2.24) is 30.2 Å². The number of likely N-dealkylation sites (tertiary alicyclic amines) is 1. The summed E-state index contributed by atoms with van der Waals surface area (Å²) in [6.45, 7) is 7.05. The highest BCUT2D eigenvalue weighted by Crippen LogP contribution is 2.35. The third kappa shape index (κ3) is 8.23. The van der Waals surface area contributed by atoms with E-state index in [9.17, 15) is 14.7 Å². The molecule has 3 aromatic heterocycles. The SMILES string of the molecule is Cc1csc([C@H]2CCCN2C(=O)c2cc(C(=O)N[C@@H](Cc3ccccc3)[C@H](O)CN(C)c3cncc(C(C)C)c3)cc(-c3cnccn3)c2)n1. The number of hydrogen-bond acceptors (Lipinski definition) is 9. The summed E-state index contributed by atoms with van der Waals surface area (Å²) in [6, 6.07) is 16.2. The minimum absolute atomic E-state index is 0.113. The van der Waals surface area contributed by atoms with Gasteiger partial charge in [-0.2, -0.15) is 0 Å². The number of nitrogens with one attached hydrogen (secondary N) is 1. The van der Waals surface area contributed by atoms with E-state index in [4.69, 9.17) is 0 Å². The minimum Gasteiger partial charge on any atom is -0.389 e. The number of anilines is 1. The number of nitrogens with zero attached hydrogens (tertiary/aromatic N) is 6. The predicted molar refractivity (Wildman–Crippen MR) is 196 cm³/mol. The van der Waals surface area contributed by atoms with Gasteiger partial charge in [-0.3, -0.25) is 24.5 Å². The minimum atomic E-state index is -0.928. The molecule has 258 valence electrons. The van der Waals surface area contributed by atoms with Crippen molar-refractivity contribution in [1.29, 1.82) is 0 Å². The molecule has 1 saturated heterocycles. The summed E-state index contributed by atoms with van der Waals surface area (Å²) in [6.07, 6.45) is 9.60. The molecule has 11 heteroatoms. The summed E-state index contributed by atoms with van der Waals surface area (Å²) < 4.78 is 0. The Bertz CT molecular complexity index is 1920. The van der Waals surface area contributed by atoms with E-state index < -0.39 is 18.1 Å². The molecule has 1 aliphatic heterocycles. The highest BCUT2D eigenvalue weighted by Gasteiger charge is 2.33. The van der Waals surface area contributed by atoms with E-state index in [-0.39, 0.29) is 18.5 Å². The van der Waals surface area contributed by atoms with E-state index in [0.29, 0.717) is 41.3 Å². The van der Waals surface area contributed by atoms with Gasteiger partial charge in [0.2, 0.25) is 0 Å². The van der Waals surface area contributed by atoms with Crippen molar-refractivity contribution in [2.75, 3.05) is 25.0 Å². The van der Waals surface area contributed by atoms with Crippen molar-refractivity contribution in [3.63, 3.8) is 0 Å². The zero-order valence-corrected chi connectivity index (χ0v) is 29.7. The summed E-state index contributed by atoms with van der Waals surface area (Å²) in [4.78, 5) is 49.9. The van der Waals surface area contributed by atoms with E-state index >= 15 is 0 Å². The summed E-state index contributed by atoms with van der Waals surface area (Å²) in [5.74, 6) is -0.252. The van der Waals surface area contributed by atoms with Gasteiger partial charge in [0, 0.05) is 66.5 Å². The Morgan fingerprint density at radius 1 is 1.04 bits per heavy atom. The van der Waals surface area contributed by atoms with Gasteiger partial charge in [0.05, 0.1) is 42.0 Å². The molecule has 5 aromatic rings. The number of aryl methyl sites for hydroxylation is 1. The lowest BCUT2D eigenvalue weighted by atomic mass is 9.98. The molecule has 0 bridgehead atoms. The third-order valence-corrected chi connectivity index (χ3v) is 10.2. The first-order chi connectivity index (χ1) is 24.2. The maximum absolute atomic E-state index is 14.2. The van der Waals surface area contributed by atoms with Crippen LogP contribution in [0.15, 0.2) is 91.0 Å². The Labute approximate surface area is 297 Å². The van der Waals surface area contributed by atoms with E-state index in [0.717, 1.165) is 40.4 Å². The fraction of sp³-hybridized carbons (Fsp3) is 0.333. The number of thiazole rings is 1. The number of aromatic nitrogens is 4. The first-order valence-electron chi connectivity index (χ1n) is 17.0. The highest BCUT2D eigenvalue weighted by molar-refractivity contribution is 7.09. The van der Waals surface area contributed by atoms with E-state index in [1.165, 1.54) is 0 Å². The Kier molecular flexibility index (Phi) is 10.9. The Morgan fingerprint density at radius 2 is 1.84 bits per heavy atom. The number of rotatable bonds is 12. The van der Waals surface area contributed by atoms with Crippen LogP contribution in [-0.4, -0.2) is 74.0 Å². The molecule has 0 unspecified atom stereocenters. The smallest absolute Gasteiger partial charge is 0.254 e. The second-order valence-electron chi connectivity index (χ2n) is 13.2. The Morgan fingerprint density at radius 3 is 2.56 bits per heavy atom. The zero-order chi connectivity index (χ0) is 35.2. The van der Waals surface area contributed by atoms with Gasteiger partial charge in [0.1, 0.15) is 5.01 Å². The molecular weight excluding hydrogens is 647 g/mol. The number of likely N-dealkylation sites (N-methyl/N-ethyl adjacent to an activating group) is 1. The lowest BCUT2D eigenvalue weighted by Crippen LogP contribution is -2.49. The lowest BCUT2D eigenvalue weighted by Gasteiger charge is -2.29. The van der Waals surface area contributed by atoms with Gasteiger partial charge < -0.3 is 20.2 Å². The van der Waals surface area contributed by atoms with Crippen LogP contribution >= 0.6 is 11.3 Å². The second kappa shape index (κ2) is 15.7. The molecule has 0 radical (unpaired) electrons. The molecule has 1 fully saturated rings. The molecule has 2 N–H and O–H groups in total. The maximum Gasteiger partial charge on any atom is 0.254 e. The van der Waals surface area contributed by atoms with Gasteiger partial charge in [-0.05, 0) is 67.5 Å². The first-order valence-corrected chi connectivity index (χ1v) is 17.9. The number of amides is 2. The number of aliphatic hydroxyl groups is 1. The lowest BCUT2D eigenvalue weighted by molar-refractivity contribution is 0.0735. The van der Waals surface area contributed by atoms with E-state index in [1.54, 1.807) is 54.3 Å². The van der Waals surface area contributed by atoms with Crippen LogP contribution < -0.4 is 10.2 Å². The Balaban J connectivity index is 1.29. The molecule has 0 aliphatic carbocycles. The van der Waals surface area contributed by atoms with Gasteiger partial charge in [0.25, 0.3) is 11.8 Å². The van der Waals surface area contributed by atoms with Crippen LogP contribution in [0.3, 0.4) is 0 Å². The maximum atomic E-state index is 14.2. The molecule has 1 aliphatic rings. The molecular formula is C39H43N7O3S. The van der Waals surface area contributed by atoms with Crippen LogP contribution in [0.2, 0.25) is 0 Å². The second-order valence-corrected chi connectivity index (χ2v) is 14.1. The molecule has 0 spiro atoms. The first kappa shape index (κ1) is 34.8. The summed E-state index contributed by atoms with van der Waals surface area (Å²) in [5, 5.41) is 17.7. The van der Waals surface area contributed by atoms with Crippen LogP contribution in [0.25, 0.3) is 11.3 Å². The van der Waals surface area contributed by atoms with Crippen LogP contribution in [0.1, 0.15) is 81.2 Å². The average molecular weight is 690 g/mol. The van der Waals surface area contributed by atoms with E-state index in [1.807, 2.05) is 65.7 Å². The summed E-state index contributed by atoms with van der Waals surface area (Å²) in [5.41, 5.74) is 5.73. The summed E-state index contributed by atoms with van der Waals surface area (Å²) >= 11 is 1.57. The topological polar surface area (TPSA) is 124 Å². The largest absolute Gasteiger partial charge is 0.389 e. The molecule has 2 aromatic carbocycles. The fourth-order valence-electron chi connectivity index (χ4n) is 6.32. The molecule has 3 atom stereocenters. The monoisotopic (exact) mass is 689 g/mol. The van der Waals surface area contributed by atoms with Crippen molar-refractivity contribution in [2.45, 2.75) is 64.1 Å². The van der Waals surface area contributed by atoms with Gasteiger partial charge in [-0.25, -0.2) is 4.98 Å². The predicted octanol–water partition coefficient (Wildman–Crippen LogP) is 6.24. The van der Waals surface area contributed by atoms with Crippen molar-refractivity contribution >= 4 is 28.8 Å². The zero-order valence-electron chi connectivity index (χ0n) is 28.9. The molecule has 2 amide bonds. The number of carbonyl (C=O) groups excluding carboxylic acids is 2. The van der Waals surface area contributed by atoms with Gasteiger partial charge >= 0.3 is 0 Å². The van der Waals surface area contributed by atoms with Crippen molar-refractivity contribution in [3.05, 3.63) is 124 Å². The number of benzene rings is 2. The standard InChI is InChI=1S/C39H43N7O3S/c1-25(2)31-19-32(21-41-20-31)45(4)23-36(47)33(15-27-9-6-5-7-10-27)44-37(48)29-16-28(34-22-40-12-13-42-34)17-30(18-29)39(49)46-14-8-11-35(46)38-43-26(3)24-50-38/h5-7,9-10,12-13,16-22,24-25,33,35-36,47H,8,11,14-15,23H2,1-4H3,(H,44,48)/t33-,35+,36+/m0/s1. The molecule has 6 rings (SSSR count).